The summed E-state index contributed by atoms with van der Waals surface area (Å²) in [4.78, 5) is 7.47. The number of rotatable bonds is 4. The van der Waals surface area contributed by atoms with E-state index in [0.29, 0.717) is 10.9 Å². The zero-order valence-corrected chi connectivity index (χ0v) is 14.7. The summed E-state index contributed by atoms with van der Waals surface area (Å²) in [7, 11) is -1.08. The standard InChI is InChI=1S/C17H23N3O2S/c1-13-11-19(2)17(18-13)16-5-4-10-20(16)12-14-6-8-15(9-7-14)23(3,21)22/h6-9,11,16H,4-5,10,12H2,1-3H3. The zero-order valence-electron chi connectivity index (χ0n) is 13.9. The number of hydrogen-bond acceptors (Lipinski definition) is 4. The summed E-state index contributed by atoms with van der Waals surface area (Å²) in [6, 6.07) is 7.55. The lowest BCUT2D eigenvalue weighted by molar-refractivity contribution is 0.236. The highest BCUT2D eigenvalue weighted by Gasteiger charge is 2.29. The lowest BCUT2D eigenvalue weighted by atomic mass is 10.1. The van der Waals surface area contributed by atoms with E-state index in [1.165, 1.54) is 6.26 Å². The number of aryl methyl sites for hydroxylation is 2. The van der Waals surface area contributed by atoms with Crippen LogP contribution in [-0.2, 0) is 23.4 Å². The smallest absolute Gasteiger partial charge is 0.175 e. The first kappa shape index (κ1) is 16.2. The highest BCUT2D eigenvalue weighted by Crippen LogP contribution is 2.32. The quantitative estimate of drug-likeness (QED) is 0.862. The topological polar surface area (TPSA) is 55.2 Å². The monoisotopic (exact) mass is 333 g/mol. The van der Waals surface area contributed by atoms with Crippen molar-refractivity contribution in [2.75, 3.05) is 12.8 Å². The van der Waals surface area contributed by atoms with Gasteiger partial charge in [0.15, 0.2) is 9.84 Å². The van der Waals surface area contributed by atoms with Crippen LogP contribution in [0.5, 0.6) is 0 Å². The average molecular weight is 333 g/mol. The van der Waals surface area contributed by atoms with Crippen LogP contribution in [0.2, 0.25) is 0 Å². The van der Waals surface area contributed by atoms with Crippen molar-refractivity contribution in [1.29, 1.82) is 0 Å². The van der Waals surface area contributed by atoms with E-state index in [2.05, 4.69) is 20.6 Å². The lowest BCUT2D eigenvalue weighted by Gasteiger charge is -2.24. The van der Waals surface area contributed by atoms with Crippen LogP contribution in [0.1, 0.15) is 36.0 Å². The third-order valence-corrected chi connectivity index (χ3v) is 5.56. The summed E-state index contributed by atoms with van der Waals surface area (Å²) in [6.07, 6.45) is 5.58. The van der Waals surface area contributed by atoms with Gasteiger partial charge in [-0.15, -0.1) is 0 Å². The Labute approximate surface area is 137 Å². The Kier molecular flexibility index (Phi) is 4.29. The van der Waals surface area contributed by atoms with E-state index in [-0.39, 0.29) is 0 Å². The second-order valence-corrected chi connectivity index (χ2v) is 8.41. The molecule has 1 saturated heterocycles. The molecule has 1 unspecified atom stereocenters. The summed E-state index contributed by atoms with van der Waals surface area (Å²) >= 11 is 0. The Balaban J connectivity index is 1.78. The Morgan fingerprint density at radius 3 is 2.52 bits per heavy atom. The van der Waals surface area contributed by atoms with Crippen LogP contribution in [0.25, 0.3) is 0 Å². The first-order valence-electron chi connectivity index (χ1n) is 7.87. The third-order valence-electron chi connectivity index (χ3n) is 4.43. The zero-order chi connectivity index (χ0) is 16.6. The number of nitrogens with zero attached hydrogens (tertiary/aromatic N) is 3. The minimum absolute atomic E-state index is 0.336. The number of imidazole rings is 1. The molecular formula is C17H23N3O2S. The van der Waals surface area contributed by atoms with Gasteiger partial charge in [-0.3, -0.25) is 4.90 Å². The molecule has 0 bridgehead atoms. The van der Waals surface area contributed by atoms with Crippen LogP contribution < -0.4 is 0 Å². The molecule has 6 heteroatoms. The van der Waals surface area contributed by atoms with Gasteiger partial charge in [0.1, 0.15) is 5.82 Å². The number of hydrogen-bond donors (Lipinski definition) is 0. The highest BCUT2D eigenvalue weighted by molar-refractivity contribution is 7.90. The summed E-state index contributed by atoms with van der Waals surface area (Å²) in [5, 5.41) is 0. The molecule has 1 aromatic heterocycles. The number of likely N-dealkylation sites (tertiary alicyclic amines) is 1. The van der Waals surface area contributed by atoms with Gasteiger partial charge in [0.2, 0.25) is 0 Å². The van der Waals surface area contributed by atoms with Crippen LogP contribution >= 0.6 is 0 Å². The summed E-state index contributed by atoms with van der Waals surface area (Å²) in [5.74, 6) is 1.12. The SMILES string of the molecule is Cc1cn(C)c(C2CCCN2Cc2ccc(S(C)(=O)=O)cc2)n1. The van der Waals surface area contributed by atoms with Crippen molar-refractivity contribution in [3.8, 4) is 0 Å². The molecule has 3 rings (SSSR count). The minimum atomic E-state index is -3.13. The molecule has 1 aliphatic rings. The fourth-order valence-electron chi connectivity index (χ4n) is 3.33. The Bertz CT molecular complexity index is 794. The first-order valence-corrected chi connectivity index (χ1v) is 9.76. The minimum Gasteiger partial charge on any atom is -0.336 e. The molecule has 1 aromatic carbocycles. The van der Waals surface area contributed by atoms with Crippen LogP contribution in [0.3, 0.4) is 0 Å². The molecule has 0 spiro atoms. The van der Waals surface area contributed by atoms with Crippen molar-refractivity contribution in [1.82, 2.24) is 14.5 Å². The van der Waals surface area contributed by atoms with Gasteiger partial charge in [-0.1, -0.05) is 12.1 Å². The van der Waals surface area contributed by atoms with E-state index in [9.17, 15) is 8.42 Å². The van der Waals surface area contributed by atoms with E-state index in [0.717, 1.165) is 43.0 Å². The molecule has 0 saturated carbocycles. The summed E-state index contributed by atoms with van der Waals surface area (Å²) < 4.78 is 25.2. The van der Waals surface area contributed by atoms with Gasteiger partial charge in [-0.2, -0.15) is 0 Å². The molecule has 23 heavy (non-hydrogen) atoms. The Hall–Kier alpha value is -1.66. The highest BCUT2D eigenvalue weighted by atomic mass is 32.2. The van der Waals surface area contributed by atoms with E-state index >= 15 is 0 Å². The molecule has 0 amide bonds. The molecular weight excluding hydrogens is 310 g/mol. The van der Waals surface area contributed by atoms with Crippen molar-refractivity contribution < 1.29 is 8.42 Å². The molecule has 0 N–H and O–H groups in total. The van der Waals surface area contributed by atoms with Crippen LogP contribution in [0.4, 0.5) is 0 Å². The molecule has 2 heterocycles. The van der Waals surface area contributed by atoms with E-state index < -0.39 is 9.84 Å². The fourth-order valence-corrected chi connectivity index (χ4v) is 3.96. The molecule has 1 fully saturated rings. The number of aromatic nitrogens is 2. The van der Waals surface area contributed by atoms with Crippen LogP contribution in [0, 0.1) is 6.92 Å². The predicted molar refractivity (Wildman–Crippen MR) is 89.9 cm³/mol. The largest absolute Gasteiger partial charge is 0.336 e. The van der Waals surface area contributed by atoms with Gasteiger partial charge in [-0.25, -0.2) is 13.4 Å². The molecule has 0 radical (unpaired) electrons. The van der Waals surface area contributed by atoms with Gasteiger partial charge in [-0.05, 0) is 44.0 Å². The normalized spacial score (nSPS) is 19.3. The van der Waals surface area contributed by atoms with Gasteiger partial charge in [0, 0.05) is 26.0 Å². The summed E-state index contributed by atoms with van der Waals surface area (Å²) in [5.41, 5.74) is 2.18. The second-order valence-electron chi connectivity index (χ2n) is 6.40. The number of benzene rings is 1. The Morgan fingerprint density at radius 2 is 1.96 bits per heavy atom. The Morgan fingerprint density at radius 1 is 1.26 bits per heavy atom. The van der Waals surface area contributed by atoms with Crippen LogP contribution in [0.15, 0.2) is 35.4 Å². The van der Waals surface area contributed by atoms with E-state index in [4.69, 9.17) is 0 Å². The lowest BCUT2D eigenvalue weighted by Crippen LogP contribution is -2.24. The van der Waals surface area contributed by atoms with Gasteiger partial charge in [0.05, 0.1) is 16.6 Å². The van der Waals surface area contributed by atoms with Gasteiger partial charge >= 0.3 is 0 Å². The predicted octanol–water partition coefficient (Wildman–Crippen LogP) is 2.47. The fraction of sp³-hybridized carbons (Fsp3) is 0.471. The van der Waals surface area contributed by atoms with Crippen LogP contribution in [-0.4, -0.2) is 35.7 Å². The van der Waals surface area contributed by atoms with Crippen molar-refractivity contribution >= 4 is 9.84 Å². The first-order chi connectivity index (χ1) is 10.8. The maximum atomic E-state index is 11.5. The molecule has 2 aromatic rings. The second kappa shape index (κ2) is 6.09. The van der Waals surface area contributed by atoms with Crippen molar-refractivity contribution in [2.45, 2.75) is 37.2 Å². The third kappa shape index (κ3) is 3.48. The average Bonchev–Trinajstić information content (AvgIpc) is 3.04. The van der Waals surface area contributed by atoms with E-state index in [1.54, 1.807) is 12.1 Å². The van der Waals surface area contributed by atoms with Crippen molar-refractivity contribution in [2.24, 2.45) is 7.05 Å². The van der Waals surface area contributed by atoms with E-state index in [1.807, 2.05) is 26.1 Å². The van der Waals surface area contributed by atoms with Gasteiger partial charge in [0.25, 0.3) is 0 Å². The molecule has 5 nitrogen and oxygen atoms in total. The molecule has 124 valence electrons. The molecule has 1 aliphatic heterocycles. The van der Waals surface area contributed by atoms with Crippen molar-refractivity contribution in [3.05, 3.63) is 47.5 Å². The summed E-state index contributed by atoms with van der Waals surface area (Å²) in [6.45, 7) is 3.89. The van der Waals surface area contributed by atoms with Crippen molar-refractivity contribution in [3.63, 3.8) is 0 Å². The number of sulfone groups is 1. The molecule has 0 aliphatic carbocycles. The maximum absolute atomic E-state index is 11.5. The maximum Gasteiger partial charge on any atom is 0.175 e. The van der Waals surface area contributed by atoms with Gasteiger partial charge < -0.3 is 4.57 Å². The molecule has 1 atom stereocenters.